The summed E-state index contributed by atoms with van der Waals surface area (Å²) in [4.78, 5) is 36.4. The van der Waals surface area contributed by atoms with Crippen molar-refractivity contribution in [3.63, 3.8) is 0 Å². The van der Waals surface area contributed by atoms with Gasteiger partial charge < -0.3 is 13.9 Å². The normalized spacial score (nSPS) is 11.8. The fourth-order valence-corrected chi connectivity index (χ4v) is 2.65. The first-order valence-electron chi connectivity index (χ1n) is 7.84. The second-order valence-corrected chi connectivity index (χ2v) is 5.54. The maximum absolute atomic E-state index is 12.5. The van der Waals surface area contributed by atoms with Crippen LogP contribution in [0, 0.1) is 5.92 Å². The van der Waals surface area contributed by atoms with Gasteiger partial charge in [-0.25, -0.2) is 0 Å². The van der Waals surface area contributed by atoms with Gasteiger partial charge in [0.1, 0.15) is 5.76 Å². The van der Waals surface area contributed by atoms with Crippen LogP contribution in [0.5, 0.6) is 0 Å². The largest absolute Gasteiger partial charge is 0.469 e. The van der Waals surface area contributed by atoms with E-state index in [0.29, 0.717) is 11.3 Å². The molecule has 0 spiro atoms. The second-order valence-electron chi connectivity index (χ2n) is 5.54. The summed E-state index contributed by atoms with van der Waals surface area (Å²) in [7, 11) is 2.41. The number of ketones is 1. The summed E-state index contributed by atoms with van der Waals surface area (Å²) in [5, 5.41) is 0. The number of Topliss-reactive ketones (excluding diaryl/α,β-unsaturated/α-hetero) is 1. The number of benzene rings is 1. The van der Waals surface area contributed by atoms with Crippen LogP contribution in [0.2, 0.25) is 0 Å². The molecule has 1 aromatic heterocycles. The minimum atomic E-state index is -1.12. The van der Waals surface area contributed by atoms with Crippen molar-refractivity contribution in [2.75, 3.05) is 14.2 Å². The molecule has 0 aliphatic carbocycles. The molecule has 2 aromatic rings. The summed E-state index contributed by atoms with van der Waals surface area (Å²) in [5.74, 6) is -2.54. The third-order valence-corrected chi connectivity index (χ3v) is 3.96. The molecule has 25 heavy (non-hydrogen) atoms. The van der Waals surface area contributed by atoms with Crippen molar-refractivity contribution < 1.29 is 28.3 Å². The molecule has 1 heterocycles. The highest BCUT2D eigenvalue weighted by Crippen LogP contribution is 2.30. The highest BCUT2D eigenvalue weighted by atomic mass is 16.5. The van der Waals surface area contributed by atoms with E-state index in [0.717, 1.165) is 0 Å². The van der Waals surface area contributed by atoms with Gasteiger partial charge in [-0.2, -0.15) is 0 Å². The summed E-state index contributed by atoms with van der Waals surface area (Å²) < 4.78 is 14.8. The minimum absolute atomic E-state index is 0.0609. The third-order valence-electron chi connectivity index (χ3n) is 3.96. The fraction of sp³-hybridized carbons (Fsp3) is 0.316. The summed E-state index contributed by atoms with van der Waals surface area (Å²) in [5.41, 5.74) is 0.562. The Morgan fingerprint density at radius 1 is 0.960 bits per heavy atom. The van der Waals surface area contributed by atoms with Crippen molar-refractivity contribution in [1.29, 1.82) is 0 Å². The molecule has 0 aliphatic heterocycles. The van der Waals surface area contributed by atoms with Crippen molar-refractivity contribution in [2.24, 2.45) is 5.92 Å². The molecular formula is C19H20O6. The zero-order valence-corrected chi connectivity index (χ0v) is 14.1. The molecule has 2 rings (SSSR count). The van der Waals surface area contributed by atoms with Crippen molar-refractivity contribution in [3.8, 4) is 0 Å². The predicted molar refractivity (Wildman–Crippen MR) is 89.0 cm³/mol. The van der Waals surface area contributed by atoms with Gasteiger partial charge in [0.15, 0.2) is 11.7 Å². The van der Waals surface area contributed by atoms with Crippen molar-refractivity contribution in [2.45, 2.75) is 18.8 Å². The average molecular weight is 344 g/mol. The highest BCUT2D eigenvalue weighted by Gasteiger charge is 2.34. The zero-order valence-electron chi connectivity index (χ0n) is 14.1. The summed E-state index contributed by atoms with van der Waals surface area (Å²) in [6.07, 6.45) is 1.65. The van der Waals surface area contributed by atoms with E-state index in [4.69, 9.17) is 4.42 Å². The molecule has 0 radical (unpaired) electrons. The van der Waals surface area contributed by atoms with Crippen LogP contribution in [-0.2, 0) is 19.1 Å². The van der Waals surface area contributed by atoms with Crippen LogP contribution in [0.1, 0.15) is 34.9 Å². The van der Waals surface area contributed by atoms with Gasteiger partial charge in [0, 0.05) is 17.9 Å². The first kappa shape index (κ1) is 18.4. The molecule has 6 heteroatoms. The molecule has 0 bridgehead atoms. The van der Waals surface area contributed by atoms with Crippen molar-refractivity contribution in [1.82, 2.24) is 0 Å². The quantitative estimate of drug-likeness (QED) is 0.416. The Morgan fingerprint density at radius 3 is 2.12 bits per heavy atom. The van der Waals surface area contributed by atoms with Gasteiger partial charge in [-0.1, -0.05) is 30.3 Å². The molecule has 132 valence electrons. The molecule has 1 atom stereocenters. The fourth-order valence-electron chi connectivity index (χ4n) is 2.65. The topological polar surface area (TPSA) is 82.8 Å². The monoisotopic (exact) mass is 344 g/mol. The first-order valence-corrected chi connectivity index (χ1v) is 7.84. The smallest absolute Gasteiger partial charge is 0.320 e. The van der Waals surface area contributed by atoms with E-state index in [1.165, 1.54) is 20.5 Å². The summed E-state index contributed by atoms with van der Waals surface area (Å²) >= 11 is 0. The van der Waals surface area contributed by atoms with E-state index in [2.05, 4.69) is 9.47 Å². The lowest BCUT2D eigenvalue weighted by atomic mass is 9.87. The van der Waals surface area contributed by atoms with Crippen LogP contribution in [-0.4, -0.2) is 31.9 Å². The molecule has 0 N–H and O–H groups in total. The van der Waals surface area contributed by atoms with E-state index >= 15 is 0 Å². The molecule has 0 amide bonds. The maximum atomic E-state index is 12.5. The molecule has 0 aliphatic rings. The standard InChI is InChI=1S/C19H20O6/c1-23-18(21)15(19(22)24-2)11-14(17-9-6-10-25-17)12-16(20)13-7-4-3-5-8-13/h3-10,14-15H,11-12H2,1-2H3. The number of methoxy groups -OCH3 is 2. The Balaban J connectivity index is 2.22. The maximum Gasteiger partial charge on any atom is 0.320 e. The third kappa shape index (κ3) is 4.79. The van der Waals surface area contributed by atoms with E-state index in [9.17, 15) is 14.4 Å². The molecule has 1 aromatic carbocycles. The number of ether oxygens (including phenoxy) is 2. The van der Waals surface area contributed by atoms with Crippen molar-refractivity contribution in [3.05, 3.63) is 60.1 Å². The molecule has 1 unspecified atom stereocenters. The predicted octanol–water partition coefficient (Wildman–Crippen LogP) is 2.99. The van der Waals surface area contributed by atoms with Crippen LogP contribution in [0.3, 0.4) is 0 Å². The van der Waals surface area contributed by atoms with E-state index in [-0.39, 0.29) is 18.6 Å². The van der Waals surface area contributed by atoms with Gasteiger partial charge in [0.05, 0.1) is 20.5 Å². The lowest BCUT2D eigenvalue weighted by molar-refractivity contribution is -0.159. The highest BCUT2D eigenvalue weighted by molar-refractivity contribution is 5.97. The number of rotatable bonds is 8. The number of hydrogen-bond acceptors (Lipinski definition) is 6. The van der Waals surface area contributed by atoms with E-state index < -0.39 is 23.8 Å². The Hall–Kier alpha value is -2.89. The number of hydrogen-bond donors (Lipinski definition) is 0. The molecule has 0 saturated carbocycles. The Kier molecular flexibility index (Phi) is 6.51. The van der Waals surface area contributed by atoms with Crippen LogP contribution in [0.4, 0.5) is 0 Å². The number of esters is 2. The second kappa shape index (κ2) is 8.82. The summed E-state index contributed by atoms with van der Waals surface area (Å²) in [6, 6.07) is 12.2. The van der Waals surface area contributed by atoms with Gasteiger partial charge in [-0.05, 0) is 18.6 Å². The van der Waals surface area contributed by atoms with E-state index in [1.54, 1.807) is 36.4 Å². The van der Waals surface area contributed by atoms with Gasteiger partial charge in [0.2, 0.25) is 0 Å². The molecule has 6 nitrogen and oxygen atoms in total. The summed E-state index contributed by atoms with van der Waals surface area (Å²) in [6.45, 7) is 0. The Morgan fingerprint density at radius 2 is 1.60 bits per heavy atom. The van der Waals surface area contributed by atoms with Gasteiger partial charge in [-0.15, -0.1) is 0 Å². The minimum Gasteiger partial charge on any atom is -0.469 e. The van der Waals surface area contributed by atoms with Crippen LogP contribution < -0.4 is 0 Å². The molecule has 0 saturated heterocycles. The zero-order chi connectivity index (χ0) is 18.2. The van der Waals surface area contributed by atoms with Crippen LogP contribution >= 0.6 is 0 Å². The van der Waals surface area contributed by atoms with Crippen LogP contribution in [0.25, 0.3) is 0 Å². The lowest BCUT2D eigenvalue weighted by Crippen LogP contribution is -2.28. The van der Waals surface area contributed by atoms with E-state index in [1.807, 2.05) is 6.07 Å². The van der Waals surface area contributed by atoms with Gasteiger partial charge in [0.25, 0.3) is 0 Å². The lowest BCUT2D eigenvalue weighted by Gasteiger charge is -2.19. The van der Waals surface area contributed by atoms with Gasteiger partial charge in [-0.3, -0.25) is 14.4 Å². The Labute approximate surface area is 145 Å². The Bertz CT molecular complexity index is 689. The number of furan rings is 1. The van der Waals surface area contributed by atoms with Gasteiger partial charge >= 0.3 is 11.9 Å². The SMILES string of the molecule is COC(=O)C(CC(CC(=O)c1ccccc1)c1ccco1)C(=O)OC. The number of carbonyl (C=O) groups excluding carboxylic acids is 3. The number of carbonyl (C=O) groups is 3. The van der Waals surface area contributed by atoms with Crippen molar-refractivity contribution >= 4 is 17.7 Å². The molecular weight excluding hydrogens is 324 g/mol. The first-order chi connectivity index (χ1) is 12.1. The van der Waals surface area contributed by atoms with Crippen LogP contribution in [0.15, 0.2) is 53.1 Å². The molecule has 0 fully saturated rings. The average Bonchev–Trinajstić information content (AvgIpc) is 3.19.